The maximum Gasteiger partial charge on any atom is 0.303 e. The van der Waals surface area contributed by atoms with Crippen LogP contribution in [0.5, 0.6) is 0 Å². The Bertz CT molecular complexity index is 467. The summed E-state index contributed by atoms with van der Waals surface area (Å²) < 4.78 is 12.3. The second-order valence-electron chi connectivity index (χ2n) is 4.67. The van der Waals surface area contributed by atoms with Crippen molar-refractivity contribution in [2.45, 2.75) is 38.6 Å². The van der Waals surface area contributed by atoms with E-state index in [2.05, 4.69) is 46.9 Å². The zero-order valence-corrected chi connectivity index (χ0v) is 13.2. The molecule has 0 saturated heterocycles. The van der Waals surface area contributed by atoms with Crippen molar-refractivity contribution in [1.29, 1.82) is 0 Å². The summed E-state index contributed by atoms with van der Waals surface area (Å²) in [6, 6.07) is 8.41. The Morgan fingerprint density at radius 2 is 2.00 bits per heavy atom. The number of hydrogen-bond acceptors (Lipinski definition) is 3. The van der Waals surface area contributed by atoms with Crippen LogP contribution in [0, 0.1) is 3.57 Å². The Hall–Kier alpha value is -0.880. The molecule has 2 rings (SSSR count). The SMILES string of the molecule is CC(=O)O[C@@H]1C=C[C@H](Cc2ccc(I)cc2)O[C@H]1C. The molecule has 0 saturated carbocycles. The van der Waals surface area contributed by atoms with E-state index < -0.39 is 0 Å². The maximum absolute atomic E-state index is 10.9. The van der Waals surface area contributed by atoms with Crippen LogP contribution >= 0.6 is 22.6 Å². The number of rotatable bonds is 3. The Balaban J connectivity index is 1.97. The number of halogens is 1. The molecular formula is C15H17IO3. The van der Waals surface area contributed by atoms with Crippen molar-refractivity contribution < 1.29 is 14.3 Å². The molecule has 0 amide bonds. The highest BCUT2D eigenvalue weighted by Crippen LogP contribution is 2.19. The summed E-state index contributed by atoms with van der Waals surface area (Å²) in [4.78, 5) is 10.9. The summed E-state index contributed by atoms with van der Waals surface area (Å²) in [5.41, 5.74) is 1.24. The average Bonchev–Trinajstić information content (AvgIpc) is 2.35. The van der Waals surface area contributed by atoms with E-state index in [4.69, 9.17) is 9.47 Å². The largest absolute Gasteiger partial charge is 0.456 e. The monoisotopic (exact) mass is 372 g/mol. The summed E-state index contributed by atoms with van der Waals surface area (Å²) >= 11 is 2.29. The second-order valence-corrected chi connectivity index (χ2v) is 5.91. The molecule has 3 nitrogen and oxygen atoms in total. The van der Waals surface area contributed by atoms with Gasteiger partial charge in [-0.1, -0.05) is 18.2 Å². The lowest BCUT2D eigenvalue weighted by Gasteiger charge is -2.29. The molecule has 0 radical (unpaired) electrons. The summed E-state index contributed by atoms with van der Waals surface area (Å²) in [6.07, 6.45) is 4.40. The van der Waals surface area contributed by atoms with Gasteiger partial charge in [-0.25, -0.2) is 0 Å². The molecule has 0 N–H and O–H groups in total. The number of esters is 1. The van der Waals surface area contributed by atoms with Crippen molar-refractivity contribution in [3.05, 3.63) is 45.6 Å². The van der Waals surface area contributed by atoms with Crippen LogP contribution < -0.4 is 0 Å². The molecule has 1 heterocycles. The standard InChI is InChI=1S/C15H17IO3/c1-10-15(19-11(2)17)8-7-14(18-10)9-12-3-5-13(16)6-4-12/h3-8,10,14-15H,9H2,1-2H3/t10-,14+,15+/m0/s1. The predicted molar refractivity (Wildman–Crippen MR) is 81.9 cm³/mol. The minimum Gasteiger partial charge on any atom is -0.456 e. The van der Waals surface area contributed by atoms with Crippen molar-refractivity contribution in [3.63, 3.8) is 0 Å². The third-order valence-corrected chi connectivity index (χ3v) is 3.74. The fourth-order valence-corrected chi connectivity index (χ4v) is 2.44. The van der Waals surface area contributed by atoms with Gasteiger partial charge in [-0.05, 0) is 53.3 Å². The lowest BCUT2D eigenvalue weighted by molar-refractivity contribution is -0.153. The lowest BCUT2D eigenvalue weighted by atomic mass is 10.0. The smallest absolute Gasteiger partial charge is 0.303 e. The van der Waals surface area contributed by atoms with E-state index in [0.29, 0.717) is 0 Å². The molecule has 1 aliphatic rings. The highest BCUT2D eigenvalue weighted by Gasteiger charge is 2.25. The first-order valence-corrected chi connectivity index (χ1v) is 7.38. The Morgan fingerprint density at radius 1 is 1.32 bits per heavy atom. The predicted octanol–water partition coefficient (Wildman–Crippen LogP) is 3.11. The van der Waals surface area contributed by atoms with Crippen LogP contribution in [0.3, 0.4) is 0 Å². The van der Waals surface area contributed by atoms with Gasteiger partial charge in [-0.3, -0.25) is 4.79 Å². The molecule has 102 valence electrons. The summed E-state index contributed by atoms with van der Waals surface area (Å²) in [6.45, 7) is 3.34. The third kappa shape index (κ3) is 4.31. The van der Waals surface area contributed by atoms with Crippen LogP contribution in [0.15, 0.2) is 36.4 Å². The summed E-state index contributed by atoms with van der Waals surface area (Å²) in [5.74, 6) is -0.277. The number of carbonyl (C=O) groups is 1. The van der Waals surface area contributed by atoms with Gasteiger partial charge in [0.25, 0.3) is 0 Å². The fraction of sp³-hybridized carbons (Fsp3) is 0.400. The number of benzene rings is 1. The van der Waals surface area contributed by atoms with Gasteiger partial charge >= 0.3 is 5.97 Å². The van der Waals surface area contributed by atoms with Gasteiger partial charge in [0.1, 0.15) is 6.10 Å². The molecule has 3 atom stereocenters. The van der Waals surface area contributed by atoms with Crippen LogP contribution in [0.25, 0.3) is 0 Å². The maximum atomic E-state index is 10.9. The van der Waals surface area contributed by atoms with Gasteiger partial charge in [0.05, 0.1) is 12.2 Å². The zero-order valence-electron chi connectivity index (χ0n) is 11.0. The summed E-state index contributed by atoms with van der Waals surface area (Å²) in [7, 11) is 0. The minimum atomic E-state index is -0.277. The van der Waals surface area contributed by atoms with Crippen molar-refractivity contribution in [3.8, 4) is 0 Å². The van der Waals surface area contributed by atoms with Gasteiger partial charge in [0.2, 0.25) is 0 Å². The number of ether oxygens (including phenoxy) is 2. The highest BCUT2D eigenvalue weighted by atomic mass is 127. The van der Waals surface area contributed by atoms with Crippen LogP contribution in [0.1, 0.15) is 19.4 Å². The van der Waals surface area contributed by atoms with E-state index in [1.807, 2.05) is 19.1 Å². The lowest BCUT2D eigenvalue weighted by Crippen LogP contribution is -2.36. The first kappa shape index (κ1) is 14.5. The fourth-order valence-electron chi connectivity index (χ4n) is 2.08. The third-order valence-electron chi connectivity index (χ3n) is 3.02. The number of hydrogen-bond donors (Lipinski definition) is 0. The van der Waals surface area contributed by atoms with Crippen molar-refractivity contribution in [2.75, 3.05) is 0 Å². The van der Waals surface area contributed by atoms with Gasteiger partial charge in [-0.15, -0.1) is 0 Å². The van der Waals surface area contributed by atoms with Gasteiger partial charge in [0, 0.05) is 16.9 Å². The number of carbonyl (C=O) groups excluding carboxylic acids is 1. The van der Waals surface area contributed by atoms with Gasteiger partial charge < -0.3 is 9.47 Å². The molecule has 0 aromatic heterocycles. The molecule has 0 bridgehead atoms. The molecular weight excluding hydrogens is 355 g/mol. The van der Waals surface area contributed by atoms with Crippen molar-refractivity contribution >= 4 is 28.6 Å². The van der Waals surface area contributed by atoms with Gasteiger partial charge in [-0.2, -0.15) is 0 Å². The second kappa shape index (κ2) is 6.52. The Kier molecular flexibility index (Phi) is 4.99. The van der Waals surface area contributed by atoms with E-state index >= 15 is 0 Å². The van der Waals surface area contributed by atoms with E-state index in [1.165, 1.54) is 16.1 Å². The molecule has 1 aromatic carbocycles. The topological polar surface area (TPSA) is 35.5 Å². The Morgan fingerprint density at radius 3 is 2.58 bits per heavy atom. The van der Waals surface area contributed by atoms with Crippen LogP contribution in [-0.4, -0.2) is 24.3 Å². The normalized spacial score (nSPS) is 26.2. The minimum absolute atomic E-state index is 0.0434. The Labute approximate surface area is 127 Å². The molecule has 19 heavy (non-hydrogen) atoms. The molecule has 1 aromatic rings. The van der Waals surface area contributed by atoms with Gasteiger partial charge in [0.15, 0.2) is 0 Å². The zero-order chi connectivity index (χ0) is 13.8. The molecule has 1 aliphatic heterocycles. The molecule has 0 fully saturated rings. The van der Waals surface area contributed by atoms with Crippen LogP contribution in [-0.2, 0) is 20.7 Å². The first-order valence-electron chi connectivity index (χ1n) is 6.30. The molecule has 0 aliphatic carbocycles. The van der Waals surface area contributed by atoms with E-state index in [-0.39, 0.29) is 24.3 Å². The van der Waals surface area contributed by atoms with Crippen molar-refractivity contribution in [1.82, 2.24) is 0 Å². The molecule has 4 heteroatoms. The van der Waals surface area contributed by atoms with E-state index in [1.54, 1.807) is 0 Å². The van der Waals surface area contributed by atoms with Crippen LogP contribution in [0.2, 0.25) is 0 Å². The molecule has 0 spiro atoms. The van der Waals surface area contributed by atoms with Crippen LogP contribution in [0.4, 0.5) is 0 Å². The van der Waals surface area contributed by atoms with Crippen molar-refractivity contribution in [2.24, 2.45) is 0 Å². The summed E-state index contributed by atoms with van der Waals surface area (Å²) in [5, 5.41) is 0. The average molecular weight is 372 g/mol. The quantitative estimate of drug-likeness (QED) is 0.465. The first-order chi connectivity index (χ1) is 9.04. The molecule has 0 unspecified atom stereocenters. The highest BCUT2D eigenvalue weighted by molar-refractivity contribution is 14.1. The van der Waals surface area contributed by atoms with E-state index in [0.717, 1.165) is 6.42 Å². The van der Waals surface area contributed by atoms with E-state index in [9.17, 15) is 4.79 Å².